The van der Waals surface area contributed by atoms with Crippen LogP contribution in [-0.2, 0) is 0 Å². The van der Waals surface area contributed by atoms with E-state index in [2.05, 4.69) is 48.1 Å². The van der Waals surface area contributed by atoms with E-state index in [1.807, 2.05) is 13.8 Å². The Bertz CT molecular complexity index is 1010. The van der Waals surface area contributed by atoms with E-state index in [9.17, 15) is 5.26 Å². The largest absolute Gasteiger partial charge is 0.477 e. The molecule has 1 aliphatic rings. The number of likely N-dealkylation sites (N-methyl/N-ethyl adjacent to an activating group) is 1. The van der Waals surface area contributed by atoms with Gasteiger partial charge in [0.15, 0.2) is 0 Å². The minimum atomic E-state index is 0.384. The Balaban J connectivity index is 1.66. The lowest BCUT2D eigenvalue weighted by Gasteiger charge is -2.14. The third-order valence-electron chi connectivity index (χ3n) is 4.90. The van der Waals surface area contributed by atoms with Crippen LogP contribution in [0.1, 0.15) is 30.6 Å². The highest BCUT2D eigenvalue weighted by Gasteiger charge is 2.24. The number of anilines is 2. The van der Waals surface area contributed by atoms with E-state index in [1.165, 1.54) is 0 Å². The molecule has 27 heavy (non-hydrogen) atoms. The number of aromatic nitrogens is 5. The van der Waals surface area contributed by atoms with Crippen LogP contribution in [0.5, 0.6) is 5.88 Å². The van der Waals surface area contributed by atoms with Gasteiger partial charge >= 0.3 is 0 Å². The molecule has 3 aromatic heterocycles. The quantitative estimate of drug-likeness (QED) is 0.713. The summed E-state index contributed by atoms with van der Waals surface area (Å²) in [6.45, 7) is 6.45. The standard InChI is InChI=1S/C18H22N8O/c1-4-27-17-15-12(7-19)8-20-16(15)23-18(24-17)22-14-9-21-26(11(14)2)13-5-6-25(3)10-13/h8-9,13H,4-6,10H2,1-3H3,(H2,20,22,23,24)/t13-/m0/s1. The lowest BCUT2D eigenvalue weighted by atomic mass is 10.2. The molecule has 0 radical (unpaired) electrons. The van der Waals surface area contributed by atoms with Gasteiger partial charge in [-0.2, -0.15) is 20.3 Å². The number of ether oxygens (including phenoxy) is 1. The Hall–Kier alpha value is -3.12. The molecule has 0 aromatic carbocycles. The molecule has 0 saturated carbocycles. The first kappa shape index (κ1) is 17.3. The molecule has 9 heteroatoms. The summed E-state index contributed by atoms with van der Waals surface area (Å²) in [7, 11) is 2.13. The van der Waals surface area contributed by atoms with E-state index < -0.39 is 0 Å². The zero-order valence-corrected chi connectivity index (χ0v) is 15.7. The van der Waals surface area contributed by atoms with Crippen LogP contribution >= 0.6 is 0 Å². The van der Waals surface area contributed by atoms with Gasteiger partial charge in [0, 0.05) is 12.7 Å². The lowest BCUT2D eigenvalue weighted by molar-refractivity contribution is 0.331. The highest BCUT2D eigenvalue weighted by atomic mass is 16.5. The Morgan fingerprint density at radius 2 is 2.30 bits per heavy atom. The molecular formula is C18H22N8O. The van der Waals surface area contributed by atoms with Crippen LogP contribution in [0.4, 0.5) is 11.6 Å². The Morgan fingerprint density at radius 3 is 3.00 bits per heavy atom. The molecule has 4 heterocycles. The van der Waals surface area contributed by atoms with Crippen LogP contribution in [0.2, 0.25) is 0 Å². The average molecular weight is 366 g/mol. The Kier molecular flexibility index (Phi) is 4.41. The molecule has 1 aliphatic heterocycles. The summed E-state index contributed by atoms with van der Waals surface area (Å²) in [6, 6.07) is 2.52. The molecule has 9 nitrogen and oxygen atoms in total. The SMILES string of the molecule is CCOc1nc(Nc2cnn([C@H]3CCN(C)C3)c2C)nc2[nH]cc(C#N)c12. The van der Waals surface area contributed by atoms with E-state index in [1.54, 1.807) is 12.4 Å². The van der Waals surface area contributed by atoms with Crippen LogP contribution in [0.15, 0.2) is 12.4 Å². The third-order valence-corrected chi connectivity index (χ3v) is 4.90. The van der Waals surface area contributed by atoms with Crippen molar-refractivity contribution in [1.29, 1.82) is 5.26 Å². The second-order valence-corrected chi connectivity index (χ2v) is 6.74. The number of nitriles is 1. The number of fused-ring (bicyclic) bond motifs is 1. The van der Waals surface area contributed by atoms with Gasteiger partial charge in [-0.25, -0.2) is 0 Å². The summed E-state index contributed by atoms with van der Waals surface area (Å²) < 4.78 is 7.70. The molecule has 140 valence electrons. The zero-order chi connectivity index (χ0) is 19.0. The van der Waals surface area contributed by atoms with Crippen LogP contribution in [0.25, 0.3) is 11.0 Å². The van der Waals surface area contributed by atoms with Crippen LogP contribution in [-0.4, -0.2) is 56.4 Å². The van der Waals surface area contributed by atoms with E-state index in [4.69, 9.17) is 4.74 Å². The summed E-state index contributed by atoms with van der Waals surface area (Å²) in [6.07, 6.45) is 4.51. The first-order valence-electron chi connectivity index (χ1n) is 9.02. The maximum absolute atomic E-state index is 9.27. The maximum Gasteiger partial charge on any atom is 0.232 e. The molecule has 3 aromatic rings. The van der Waals surface area contributed by atoms with Gasteiger partial charge in [0.25, 0.3) is 0 Å². The van der Waals surface area contributed by atoms with Gasteiger partial charge in [0.2, 0.25) is 11.8 Å². The minimum absolute atomic E-state index is 0.384. The average Bonchev–Trinajstić information content (AvgIpc) is 3.35. The maximum atomic E-state index is 9.27. The molecule has 1 atom stereocenters. The molecule has 1 saturated heterocycles. The molecule has 0 spiro atoms. The first-order valence-corrected chi connectivity index (χ1v) is 9.02. The molecule has 0 unspecified atom stereocenters. The van der Waals surface area contributed by atoms with Gasteiger partial charge in [-0.1, -0.05) is 0 Å². The molecule has 0 bridgehead atoms. The van der Waals surface area contributed by atoms with Crippen molar-refractivity contribution in [3.63, 3.8) is 0 Å². The zero-order valence-electron chi connectivity index (χ0n) is 15.7. The van der Waals surface area contributed by atoms with E-state index >= 15 is 0 Å². The number of hydrogen-bond acceptors (Lipinski definition) is 7. The Labute approximate surface area is 157 Å². The second-order valence-electron chi connectivity index (χ2n) is 6.74. The molecule has 0 amide bonds. The number of hydrogen-bond donors (Lipinski definition) is 2. The molecule has 0 aliphatic carbocycles. The number of H-pyrrole nitrogens is 1. The topological polar surface area (TPSA) is 108 Å². The number of rotatable bonds is 5. The van der Waals surface area contributed by atoms with Crippen LogP contribution in [0.3, 0.4) is 0 Å². The number of nitrogens with one attached hydrogen (secondary N) is 2. The van der Waals surface area contributed by atoms with Crippen molar-refractivity contribution in [2.45, 2.75) is 26.3 Å². The molecule has 1 fully saturated rings. The number of likely N-dealkylation sites (tertiary alicyclic amines) is 1. The van der Waals surface area contributed by atoms with Gasteiger partial charge in [-0.15, -0.1) is 0 Å². The van der Waals surface area contributed by atoms with Gasteiger partial charge in [0.05, 0.1) is 41.2 Å². The van der Waals surface area contributed by atoms with Crippen molar-refractivity contribution < 1.29 is 4.74 Å². The fourth-order valence-corrected chi connectivity index (χ4v) is 3.53. The third kappa shape index (κ3) is 3.08. The summed E-state index contributed by atoms with van der Waals surface area (Å²) in [4.78, 5) is 14.3. The van der Waals surface area contributed by atoms with Crippen molar-refractivity contribution in [2.24, 2.45) is 0 Å². The fraction of sp³-hybridized carbons (Fsp3) is 0.444. The monoisotopic (exact) mass is 366 g/mol. The van der Waals surface area contributed by atoms with Crippen molar-refractivity contribution in [3.8, 4) is 11.9 Å². The number of aromatic amines is 1. The summed E-state index contributed by atoms with van der Waals surface area (Å²) in [5.41, 5.74) is 2.93. The Morgan fingerprint density at radius 1 is 1.44 bits per heavy atom. The highest BCUT2D eigenvalue weighted by Crippen LogP contribution is 2.30. The van der Waals surface area contributed by atoms with Gasteiger partial charge < -0.3 is 19.9 Å². The summed E-state index contributed by atoms with van der Waals surface area (Å²) in [5, 5.41) is 17.7. The lowest BCUT2D eigenvalue weighted by Crippen LogP contribution is -2.18. The predicted molar refractivity (Wildman–Crippen MR) is 101 cm³/mol. The first-order chi connectivity index (χ1) is 13.1. The van der Waals surface area contributed by atoms with Gasteiger partial charge in [-0.05, 0) is 33.9 Å². The minimum Gasteiger partial charge on any atom is -0.477 e. The van der Waals surface area contributed by atoms with E-state index in [0.29, 0.717) is 41.1 Å². The van der Waals surface area contributed by atoms with Crippen molar-refractivity contribution in [2.75, 3.05) is 32.1 Å². The second kappa shape index (κ2) is 6.89. The number of nitrogens with zero attached hydrogens (tertiary/aromatic N) is 6. The summed E-state index contributed by atoms with van der Waals surface area (Å²) in [5.74, 6) is 0.800. The fourth-order valence-electron chi connectivity index (χ4n) is 3.53. The van der Waals surface area contributed by atoms with Gasteiger partial charge in [-0.3, -0.25) is 4.68 Å². The normalized spacial score (nSPS) is 17.3. The highest BCUT2D eigenvalue weighted by molar-refractivity contribution is 5.88. The van der Waals surface area contributed by atoms with Crippen LogP contribution < -0.4 is 10.1 Å². The van der Waals surface area contributed by atoms with Crippen molar-refractivity contribution in [1.82, 2.24) is 29.6 Å². The summed E-state index contributed by atoms with van der Waals surface area (Å²) >= 11 is 0. The van der Waals surface area contributed by atoms with E-state index in [0.717, 1.165) is 30.9 Å². The smallest absolute Gasteiger partial charge is 0.232 e. The molecular weight excluding hydrogens is 344 g/mol. The van der Waals surface area contributed by atoms with Crippen LogP contribution in [0, 0.1) is 18.3 Å². The van der Waals surface area contributed by atoms with E-state index in [-0.39, 0.29) is 0 Å². The van der Waals surface area contributed by atoms with Gasteiger partial charge in [0.1, 0.15) is 11.7 Å². The van der Waals surface area contributed by atoms with Crippen molar-refractivity contribution >= 4 is 22.7 Å². The predicted octanol–water partition coefficient (Wildman–Crippen LogP) is 2.35. The molecule has 4 rings (SSSR count). The molecule has 2 N–H and O–H groups in total. The van der Waals surface area contributed by atoms with Crippen molar-refractivity contribution in [3.05, 3.63) is 23.7 Å².